The Bertz CT molecular complexity index is 1620. The van der Waals surface area contributed by atoms with Crippen molar-refractivity contribution >= 4 is 50.9 Å². The number of nitrogens with one attached hydrogen (secondary N) is 4. The van der Waals surface area contributed by atoms with Gasteiger partial charge in [0.15, 0.2) is 0 Å². The number of para-hydroxylation sites is 1. The molecule has 0 spiro atoms. The number of benzene rings is 3. The van der Waals surface area contributed by atoms with Gasteiger partial charge in [-0.2, -0.15) is 18.3 Å². The van der Waals surface area contributed by atoms with Crippen molar-refractivity contribution in [3.8, 4) is 0 Å². The summed E-state index contributed by atoms with van der Waals surface area (Å²) in [6.45, 7) is 1.61. The van der Waals surface area contributed by atoms with Crippen molar-refractivity contribution in [2.24, 2.45) is 0 Å². The molecule has 0 aliphatic carbocycles. The maximum absolute atomic E-state index is 13.4. The van der Waals surface area contributed by atoms with Gasteiger partial charge in [0.25, 0.3) is 5.91 Å². The minimum atomic E-state index is -4.51. The smallest absolute Gasteiger partial charge is 0.371 e. The van der Waals surface area contributed by atoms with Gasteiger partial charge in [-0.3, -0.25) is 9.89 Å². The molecule has 8 nitrogen and oxygen atoms in total. The number of H-pyrrole nitrogens is 2. The van der Waals surface area contributed by atoms with Crippen LogP contribution in [0.1, 0.15) is 28.8 Å². The van der Waals surface area contributed by atoms with Gasteiger partial charge in [-0.05, 0) is 55.3 Å². The summed E-state index contributed by atoms with van der Waals surface area (Å²) in [5, 5.41) is 13.5. The van der Waals surface area contributed by atoms with Crippen molar-refractivity contribution in [3.05, 3.63) is 71.9 Å². The van der Waals surface area contributed by atoms with Crippen molar-refractivity contribution in [2.75, 3.05) is 28.6 Å². The number of hydrogen-bond donors (Lipinski definition) is 4. The number of carbonyl (C=O) groups is 1. The number of anilines is 4. The largest absolute Gasteiger partial charge is 0.418 e. The molecule has 0 bridgehead atoms. The second-order valence-electron chi connectivity index (χ2n) is 8.96. The van der Waals surface area contributed by atoms with E-state index in [1.165, 1.54) is 18.2 Å². The fraction of sp³-hybridized carbons (Fsp3) is 0.192. The average molecular weight is 506 g/mol. The SMILES string of the molecule is O=C(Nc1ccc2cn[nH]c2c1)c1cc2[nH]c(Nc3ccccc3C(F)(F)F)nc2cc1N1CCCC1. The normalized spacial score (nSPS) is 14.0. The van der Waals surface area contributed by atoms with E-state index in [9.17, 15) is 18.0 Å². The van der Waals surface area contributed by atoms with E-state index < -0.39 is 11.7 Å². The minimum absolute atomic E-state index is 0.110. The first-order valence-electron chi connectivity index (χ1n) is 11.8. The van der Waals surface area contributed by atoms with Crippen LogP contribution in [0.25, 0.3) is 21.9 Å². The zero-order chi connectivity index (χ0) is 25.6. The number of fused-ring (bicyclic) bond motifs is 2. The minimum Gasteiger partial charge on any atom is -0.371 e. The molecule has 1 saturated heterocycles. The van der Waals surface area contributed by atoms with E-state index in [2.05, 4.69) is 35.7 Å². The molecule has 1 aliphatic rings. The molecule has 0 atom stereocenters. The maximum Gasteiger partial charge on any atom is 0.418 e. The van der Waals surface area contributed by atoms with Gasteiger partial charge < -0.3 is 20.5 Å². The number of aromatic nitrogens is 4. The number of nitrogens with zero attached hydrogens (tertiary/aromatic N) is 3. The van der Waals surface area contributed by atoms with Gasteiger partial charge in [-0.1, -0.05) is 12.1 Å². The molecule has 37 heavy (non-hydrogen) atoms. The van der Waals surface area contributed by atoms with Gasteiger partial charge in [-0.25, -0.2) is 4.98 Å². The van der Waals surface area contributed by atoms with Crippen molar-refractivity contribution in [3.63, 3.8) is 0 Å². The number of rotatable bonds is 5. The lowest BCUT2D eigenvalue weighted by molar-refractivity contribution is -0.136. The summed E-state index contributed by atoms with van der Waals surface area (Å²) in [7, 11) is 0. The molecule has 5 aromatic rings. The van der Waals surface area contributed by atoms with Crippen LogP contribution in [0.2, 0.25) is 0 Å². The molecule has 4 N–H and O–H groups in total. The Morgan fingerprint density at radius 3 is 2.62 bits per heavy atom. The van der Waals surface area contributed by atoms with E-state index >= 15 is 0 Å². The quantitative estimate of drug-likeness (QED) is 0.233. The van der Waals surface area contributed by atoms with Crippen molar-refractivity contribution in [2.45, 2.75) is 19.0 Å². The van der Waals surface area contributed by atoms with Gasteiger partial charge in [-0.15, -0.1) is 0 Å². The van der Waals surface area contributed by atoms with Crippen LogP contribution >= 0.6 is 0 Å². The van der Waals surface area contributed by atoms with Crippen LogP contribution in [0.4, 0.5) is 36.2 Å². The summed E-state index contributed by atoms with van der Waals surface area (Å²) in [4.78, 5) is 23.0. The third-order valence-corrected chi connectivity index (χ3v) is 6.48. The Kier molecular flexibility index (Phi) is 5.47. The topological polar surface area (TPSA) is 102 Å². The molecule has 1 amide bonds. The number of halogens is 3. The third kappa shape index (κ3) is 4.44. The van der Waals surface area contributed by atoms with E-state index in [1.807, 2.05) is 18.2 Å². The highest BCUT2D eigenvalue weighted by Crippen LogP contribution is 2.36. The first kappa shape index (κ1) is 22.9. The van der Waals surface area contributed by atoms with E-state index in [4.69, 9.17) is 0 Å². The highest BCUT2D eigenvalue weighted by molar-refractivity contribution is 6.11. The van der Waals surface area contributed by atoms with Crippen LogP contribution in [-0.4, -0.2) is 39.2 Å². The lowest BCUT2D eigenvalue weighted by atomic mass is 10.1. The molecule has 6 rings (SSSR count). The Labute approximate surface area is 208 Å². The number of alkyl halides is 3. The Hall–Kier alpha value is -4.54. The zero-order valence-electron chi connectivity index (χ0n) is 19.5. The number of aromatic amines is 2. The van der Waals surface area contributed by atoms with Crippen LogP contribution in [-0.2, 0) is 6.18 Å². The number of imidazole rings is 1. The highest BCUT2D eigenvalue weighted by Gasteiger charge is 2.33. The predicted octanol–water partition coefficient (Wildman–Crippen LogP) is 6.05. The molecule has 11 heteroatoms. The van der Waals surface area contributed by atoms with Crippen LogP contribution in [0.5, 0.6) is 0 Å². The molecule has 0 saturated carbocycles. The summed E-state index contributed by atoms with van der Waals surface area (Å²) in [5.74, 6) is -0.143. The van der Waals surface area contributed by atoms with E-state index in [1.54, 1.807) is 18.3 Å². The first-order valence-corrected chi connectivity index (χ1v) is 11.8. The van der Waals surface area contributed by atoms with Gasteiger partial charge in [0.05, 0.1) is 45.2 Å². The molecular formula is C26H22F3N7O. The molecule has 1 aliphatic heterocycles. The number of amides is 1. The molecule has 0 unspecified atom stereocenters. The van der Waals surface area contributed by atoms with Gasteiger partial charge in [0.1, 0.15) is 0 Å². The van der Waals surface area contributed by atoms with Gasteiger partial charge in [0, 0.05) is 24.2 Å². The van der Waals surface area contributed by atoms with Crippen molar-refractivity contribution < 1.29 is 18.0 Å². The summed E-state index contributed by atoms with van der Waals surface area (Å²) in [5.41, 5.74) is 2.78. The Morgan fingerprint density at radius 2 is 1.81 bits per heavy atom. The third-order valence-electron chi connectivity index (χ3n) is 6.48. The molecule has 3 aromatic carbocycles. The summed E-state index contributed by atoms with van der Waals surface area (Å²) in [6, 6.07) is 14.2. The molecule has 188 valence electrons. The predicted molar refractivity (Wildman–Crippen MR) is 136 cm³/mol. The zero-order valence-corrected chi connectivity index (χ0v) is 19.5. The fourth-order valence-corrected chi connectivity index (χ4v) is 4.69. The summed E-state index contributed by atoms with van der Waals surface area (Å²) >= 11 is 0. The van der Waals surface area contributed by atoms with Crippen LogP contribution < -0.4 is 15.5 Å². The van der Waals surface area contributed by atoms with Crippen LogP contribution in [0, 0.1) is 0 Å². The lowest BCUT2D eigenvalue weighted by Gasteiger charge is -2.21. The molecular weight excluding hydrogens is 483 g/mol. The van der Waals surface area contributed by atoms with Gasteiger partial charge in [0.2, 0.25) is 5.95 Å². The van der Waals surface area contributed by atoms with E-state index in [0.717, 1.165) is 48.6 Å². The molecule has 1 fully saturated rings. The van der Waals surface area contributed by atoms with E-state index in [-0.39, 0.29) is 17.5 Å². The van der Waals surface area contributed by atoms with Crippen molar-refractivity contribution in [1.29, 1.82) is 0 Å². The maximum atomic E-state index is 13.4. The second kappa shape index (κ2) is 8.84. The van der Waals surface area contributed by atoms with Crippen LogP contribution in [0.3, 0.4) is 0 Å². The fourth-order valence-electron chi connectivity index (χ4n) is 4.69. The van der Waals surface area contributed by atoms with Crippen LogP contribution in [0.15, 0.2) is 60.8 Å². The summed E-state index contributed by atoms with van der Waals surface area (Å²) < 4.78 is 40.3. The van der Waals surface area contributed by atoms with Crippen molar-refractivity contribution in [1.82, 2.24) is 20.2 Å². The Morgan fingerprint density at radius 1 is 1.00 bits per heavy atom. The molecule has 3 heterocycles. The van der Waals surface area contributed by atoms with E-state index in [0.29, 0.717) is 22.3 Å². The monoisotopic (exact) mass is 505 g/mol. The standard InChI is InChI=1S/C26H22F3N7O/c27-26(28,29)18-5-1-2-6-19(18)32-25-33-21-12-17(23(13-22(21)34-25)36-9-3-4-10-36)24(37)31-16-8-7-15-14-30-35-20(15)11-16/h1-2,5-8,11-14H,3-4,9-10H2,(H,30,35)(H,31,37)(H2,32,33,34). The lowest BCUT2D eigenvalue weighted by Crippen LogP contribution is -2.23. The first-order chi connectivity index (χ1) is 17.8. The number of carbonyl (C=O) groups excluding carboxylic acids is 1. The number of hydrogen-bond acceptors (Lipinski definition) is 5. The average Bonchev–Trinajstić information content (AvgIpc) is 3.63. The second-order valence-corrected chi connectivity index (χ2v) is 8.96. The Balaban J connectivity index is 1.36. The molecule has 0 radical (unpaired) electrons. The highest BCUT2D eigenvalue weighted by atomic mass is 19.4. The van der Waals surface area contributed by atoms with Gasteiger partial charge >= 0.3 is 6.18 Å². The molecule has 2 aromatic heterocycles. The summed E-state index contributed by atoms with van der Waals surface area (Å²) in [6.07, 6.45) is -0.783.